The third kappa shape index (κ3) is 3.32. The average molecular weight is 399 g/mol. The predicted octanol–water partition coefficient (Wildman–Crippen LogP) is 1.87. The van der Waals surface area contributed by atoms with E-state index in [1.54, 1.807) is 54.6 Å². The van der Waals surface area contributed by atoms with Gasteiger partial charge in [0.15, 0.2) is 5.11 Å². The highest BCUT2D eigenvalue weighted by Gasteiger charge is 2.55. The van der Waals surface area contributed by atoms with Gasteiger partial charge in [-0.15, -0.1) is 0 Å². The lowest BCUT2D eigenvalue weighted by atomic mass is 9.79. The number of thiocarbonyl (C=S) groups is 1. The first-order chi connectivity index (χ1) is 13.4. The Morgan fingerprint density at radius 1 is 1.14 bits per heavy atom. The molecule has 3 rings (SSSR count). The molecule has 8 heteroatoms. The first-order valence-electron chi connectivity index (χ1n) is 8.75. The molecule has 2 amide bonds. The quantitative estimate of drug-likeness (QED) is 0.678. The molecule has 2 aromatic rings. The van der Waals surface area contributed by atoms with E-state index in [0.29, 0.717) is 11.1 Å². The number of amides is 2. The maximum atomic E-state index is 13.4. The zero-order valence-electron chi connectivity index (χ0n) is 15.1. The smallest absolute Gasteiger partial charge is 0.407 e. The van der Waals surface area contributed by atoms with Crippen molar-refractivity contribution in [1.29, 1.82) is 0 Å². The first-order valence-corrected chi connectivity index (χ1v) is 9.16. The van der Waals surface area contributed by atoms with Gasteiger partial charge in [-0.3, -0.25) is 9.69 Å². The number of hydrogen-bond acceptors (Lipinski definition) is 4. The zero-order valence-corrected chi connectivity index (χ0v) is 15.9. The number of aliphatic hydroxyl groups is 1. The Kier molecular flexibility index (Phi) is 5.62. The maximum absolute atomic E-state index is 13.4. The molecule has 146 valence electrons. The van der Waals surface area contributed by atoms with E-state index in [1.165, 1.54) is 9.80 Å². The van der Waals surface area contributed by atoms with Gasteiger partial charge in [-0.05, 0) is 29.9 Å². The van der Waals surface area contributed by atoms with Gasteiger partial charge >= 0.3 is 6.09 Å². The molecule has 1 aliphatic rings. The molecule has 0 bridgehead atoms. The summed E-state index contributed by atoms with van der Waals surface area (Å²) in [7, 11) is 0. The fourth-order valence-corrected chi connectivity index (χ4v) is 4.13. The number of carbonyl (C=O) groups is 2. The van der Waals surface area contributed by atoms with Crippen LogP contribution in [0.4, 0.5) is 4.79 Å². The van der Waals surface area contributed by atoms with E-state index in [-0.39, 0.29) is 24.8 Å². The van der Waals surface area contributed by atoms with Crippen molar-refractivity contribution in [2.75, 3.05) is 19.7 Å². The zero-order chi connectivity index (χ0) is 20.3. The van der Waals surface area contributed by atoms with Crippen molar-refractivity contribution in [2.24, 2.45) is 11.7 Å². The number of nitrogens with two attached hydrogens (primary N) is 1. The maximum Gasteiger partial charge on any atom is 0.407 e. The highest BCUT2D eigenvalue weighted by molar-refractivity contribution is 7.80. The van der Waals surface area contributed by atoms with Gasteiger partial charge in [0.2, 0.25) is 0 Å². The van der Waals surface area contributed by atoms with Crippen molar-refractivity contribution >= 4 is 29.3 Å². The van der Waals surface area contributed by atoms with Crippen LogP contribution in [-0.4, -0.2) is 56.8 Å². The second-order valence-electron chi connectivity index (χ2n) is 6.68. The Balaban J connectivity index is 2.21. The SMILES string of the molecule is NC(=S)N(C(=O)c1ccccc1)C1(c2ccccc2)CN(C(=O)O)CC1CO. The van der Waals surface area contributed by atoms with Gasteiger partial charge in [-0.1, -0.05) is 48.5 Å². The van der Waals surface area contributed by atoms with Crippen LogP contribution in [0.15, 0.2) is 60.7 Å². The topological polar surface area (TPSA) is 107 Å². The number of carboxylic acid groups (broad SMARTS) is 1. The Morgan fingerprint density at radius 3 is 2.21 bits per heavy atom. The molecule has 0 aliphatic carbocycles. The van der Waals surface area contributed by atoms with Gasteiger partial charge in [0.25, 0.3) is 5.91 Å². The van der Waals surface area contributed by atoms with Crippen LogP contribution < -0.4 is 5.73 Å². The minimum Gasteiger partial charge on any atom is -0.465 e. The average Bonchev–Trinajstić information content (AvgIpc) is 3.10. The predicted molar refractivity (Wildman–Crippen MR) is 108 cm³/mol. The van der Waals surface area contributed by atoms with Crippen LogP contribution in [0.5, 0.6) is 0 Å². The molecule has 28 heavy (non-hydrogen) atoms. The molecular weight excluding hydrogens is 378 g/mol. The number of aliphatic hydroxyl groups excluding tert-OH is 1. The molecule has 7 nitrogen and oxygen atoms in total. The lowest BCUT2D eigenvalue weighted by molar-refractivity contribution is 0.0530. The van der Waals surface area contributed by atoms with Crippen LogP contribution in [0.25, 0.3) is 0 Å². The highest BCUT2D eigenvalue weighted by atomic mass is 32.1. The summed E-state index contributed by atoms with van der Waals surface area (Å²) in [5, 5.41) is 19.5. The Bertz CT molecular complexity index is 878. The van der Waals surface area contributed by atoms with Gasteiger partial charge in [-0.2, -0.15) is 0 Å². The molecule has 1 fully saturated rings. The summed E-state index contributed by atoms with van der Waals surface area (Å²) in [5.41, 5.74) is 5.82. The van der Waals surface area contributed by atoms with Crippen molar-refractivity contribution in [2.45, 2.75) is 5.54 Å². The van der Waals surface area contributed by atoms with Crippen LogP contribution in [0.1, 0.15) is 15.9 Å². The second kappa shape index (κ2) is 7.95. The molecule has 1 aliphatic heterocycles. The van der Waals surface area contributed by atoms with E-state index < -0.39 is 23.5 Å². The number of benzene rings is 2. The molecule has 2 atom stereocenters. The Labute approximate surface area is 168 Å². The van der Waals surface area contributed by atoms with Gasteiger partial charge in [-0.25, -0.2) is 4.79 Å². The minimum absolute atomic E-state index is 0.0481. The van der Waals surface area contributed by atoms with Crippen LogP contribution in [0.3, 0.4) is 0 Å². The van der Waals surface area contributed by atoms with Gasteiger partial charge in [0, 0.05) is 18.0 Å². The summed E-state index contributed by atoms with van der Waals surface area (Å²) in [4.78, 5) is 27.5. The summed E-state index contributed by atoms with van der Waals surface area (Å²) < 4.78 is 0. The normalized spacial score (nSPS) is 21.3. The molecule has 2 aromatic carbocycles. The lowest BCUT2D eigenvalue weighted by Gasteiger charge is -2.43. The number of likely N-dealkylation sites (tertiary alicyclic amines) is 1. The van der Waals surface area contributed by atoms with E-state index in [4.69, 9.17) is 18.0 Å². The van der Waals surface area contributed by atoms with Crippen LogP contribution in [-0.2, 0) is 5.54 Å². The third-order valence-corrected chi connectivity index (χ3v) is 5.34. The summed E-state index contributed by atoms with van der Waals surface area (Å²) in [6.45, 7) is -0.324. The number of rotatable bonds is 4. The summed E-state index contributed by atoms with van der Waals surface area (Å²) >= 11 is 5.24. The lowest BCUT2D eigenvalue weighted by Crippen LogP contribution is -2.59. The Morgan fingerprint density at radius 2 is 1.71 bits per heavy atom. The number of carbonyl (C=O) groups excluding carboxylic acids is 1. The van der Waals surface area contributed by atoms with Crippen LogP contribution >= 0.6 is 12.2 Å². The van der Waals surface area contributed by atoms with Crippen LogP contribution in [0.2, 0.25) is 0 Å². The van der Waals surface area contributed by atoms with E-state index in [1.807, 2.05) is 6.07 Å². The molecule has 2 unspecified atom stereocenters. The van der Waals surface area contributed by atoms with E-state index in [0.717, 1.165) is 0 Å². The van der Waals surface area contributed by atoms with Crippen molar-refractivity contribution in [3.63, 3.8) is 0 Å². The standard InChI is InChI=1S/C20H21N3O4S/c21-18(28)23(17(25)14-7-3-1-4-8-14)20(15-9-5-2-6-10-15)13-22(19(26)27)11-16(20)12-24/h1-10,16,24H,11-13H2,(H2,21,28)(H,26,27). The highest BCUT2D eigenvalue weighted by Crippen LogP contribution is 2.43. The van der Waals surface area contributed by atoms with Gasteiger partial charge in [0.1, 0.15) is 0 Å². The molecule has 0 spiro atoms. The molecule has 4 N–H and O–H groups in total. The van der Waals surface area contributed by atoms with Crippen molar-refractivity contribution in [3.8, 4) is 0 Å². The van der Waals surface area contributed by atoms with E-state index in [2.05, 4.69) is 0 Å². The van der Waals surface area contributed by atoms with E-state index in [9.17, 15) is 19.8 Å². The summed E-state index contributed by atoms with van der Waals surface area (Å²) in [6, 6.07) is 17.5. The third-order valence-electron chi connectivity index (χ3n) is 5.16. The number of nitrogens with zero attached hydrogens (tertiary/aromatic N) is 2. The molecular formula is C20H21N3O4S. The monoisotopic (exact) mass is 399 g/mol. The van der Waals surface area contributed by atoms with E-state index >= 15 is 0 Å². The first kappa shape index (κ1) is 19.8. The molecule has 0 aromatic heterocycles. The Hall–Kier alpha value is -2.97. The number of hydrogen-bond donors (Lipinski definition) is 3. The van der Waals surface area contributed by atoms with Crippen LogP contribution in [0, 0.1) is 5.92 Å². The molecule has 0 radical (unpaired) electrons. The largest absolute Gasteiger partial charge is 0.465 e. The van der Waals surface area contributed by atoms with Crippen molar-refractivity contribution in [3.05, 3.63) is 71.8 Å². The molecule has 1 heterocycles. The molecule has 0 saturated carbocycles. The van der Waals surface area contributed by atoms with Crippen molar-refractivity contribution < 1.29 is 19.8 Å². The molecule has 1 saturated heterocycles. The minimum atomic E-state index is -1.22. The summed E-state index contributed by atoms with van der Waals surface area (Å²) in [5.74, 6) is -1.04. The second-order valence-corrected chi connectivity index (χ2v) is 7.10. The van der Waals surface area contributed by atoms with Crippen molar-refractivity contribution in [1.82, 2.24) is 9.80 Å². The fraction of sp³-hybridized carbons (Fsp3) is 0.250. The van der Waals surface area contributed by atoms with Gasteiger partial charge in [0.05, 0.1) is 18.7 Å². The van der Waals surface area contributed by atoms with Gasteiger partial charge < -0.3 is 20.8 Å². The summed E-state index contributed by atoms with van der Waals surface area (Å²) in [6.07, 6.45) is -1.13. The fourth-order valence-electron chi connectivity index (χ4n) is 3.88.